The smallest absolute Gasteiger partial charge is 0.185 e. The lowest BCUT2D eigenvalue weighted by molar-refractivity contribution is 0.104. The number of phenols is 4. The van der Waals surface area contributed by atoms with Crippen LogP contribution in [-0.4, -0.2) is 31.8 Å². The van der Waals surface area contributed by atoms with E-state index in [1.165, 1.54) is 35.9 Å². The average molecular weight is 491 g/mol. The molecule has 190 valence electrons. The molecule has 0 spiro atoms. The largest absolute Gasteiger partial charge is 0.507 e. The number of allylic oxidation sites excluding steroid dienone is 5. The molecule has 1 aliphatic rings. The maximum absolute atomic E-state index is 12.7. The Balaban J connectivity index is 2.01. The summed E-state index contributed by atoms with van der Waals surface area (Å²) in [4.78, 5) is 12.7. The highest BCUT2D eigenvalue weighted by molar-refractivity contribution is 6.07. The van der Waals surface area contributed by atoms with Crippen molar-refractivity contribution in [2.24, 2.45) is 0 Å². The second kappa shape index (κ2) is 10.8. The highest BCUT2D eigenvalue weighted by Gasteiger charge is 2.29. The van der Waals surface area contributed by atoms with Gasteiger partial charge in [0.25, 0.3) is 0 Å². The Labute approximate surface area is 212 Å². The quantitative estimate of drug-likeness (QED) is 0.140. The van der Waals surface area contributed by atoms with Gasteiger partial charge in [-0.25, -0.2) is 0 Å². The van der Waals surface area contributed by atoms with Gasteiger partial charge in [-0.3, -0.25) is 4.79 Å². The Bertz CT molecular complexity index is 1290. The molecule has 0 fully saturated rings. The number of ketones is 1. The van der Waals surface area contributed by atoms with Gasteiger partial charge in [0.05, 0.1) is 11.1 Å². The van der Waals surface area contributed by atoms with Gasteiger partial charge < -0.3 is 25.2 Å². The summed E-state index contributed by atoms with van der Waals surface area (Å²) in [6, 6.07) is 3.80. The molecule has 1 heterocycles. The van der Waals surface area contributed by atoms with E-state index in [-0.39, 0.29) is 34.1 Å². The topological polar surface area (TPSA) is 107 Å². The second-order valence-corrected chi connectivity index (χ2v) is 9.85. The van der Waals surface area contributed by atoms with E-state index in [0.29, 0.717) is 17.5 Å². The molecule has 0 bridgehead atoms. The van der Waals surface area contributed by atoms with Crippen LogP contribution in [0.2, 0.25) is 0 Å². The lowest BCUT2D eigenvalue weighted by atomic mass is 9.93. The third kappa shape index (κ3) is 6.19. The summed E-state index contributed by atoms with van der Waals surface area (Å²) in [7, 11) is 0. The molecule has 6 heteroatoms. The first kappa shape index (κ1) is 26.7. The van der Waals surface area contributed by atoms with Gasteiger partial charge in [0, 0.05) is 11.1 Å². The molecule has 0 radical (unpaired) electrons. The molecule has 0 saturated heterocycles. The van der Waals surface area contributed by atoms with Gasteiger partial charge in [-0.2, -0.15) is 0 Å². The molecule has 0 unspecified atom stereocenters. The predicted octanol–water partition coefficient (Wildman–Crippen LogP) is 6.82. The number of hydrogen-bond acceptors (Lipinski definition) is 6. The fourth-order valence-electron chi connectivity index (χ4n) is 3.89. The van der Waals surface area contributed by atoms with Crippen LogP contribution in [0.5, 0.6) is 28.7 Å². The van der Waals surface area contributed by atoms with Crippen molar-refractivity contribution < 1.29 is 30.0 Å². The zero-order valence-electron chi connectivity index (χ0n) is 21.4. The molecule has 0 aliphatic carbocycles. The van der Waals surface area contributed by atoms with E-state index < -0.39 is 17.1 Å². The highest BCUT2D eigenvalue weighted by Crippen LogP contribution is 2.47. The summed E-state index contributed by atoms with van der Waals surface area (Å²) >= 11 is 0. The van der Waals surface area contributed by atoms with Crippen LogP contribution in [0.4, 0.5) is 0 Å². The fourth-order valence-corrected chi connectivity index (χ4v) is 3.89. The highest BCUT2D eigenvalue weighted by atomic mass is 16.5. The van der Waals surface area contributed by atoms with Crippen molar-refractivity contribution in [1.82, 2.24) is 0 Å². The van der Waals surface area contributed by atoms with Crippen molar-refractivity contribution in [3.05, 3.63) is 75.9 Å². The zero-order valence-corrected chi connectivity index (χ0v) is 21.4. The lowest BCUT2D eigenvalue weighted by Gasteiger charge is -2.30. The van der Waals surface area contributed by atoms with Crippen molar-refractivity contribution in [3.8, 4) is 28.7 Å². The van der Waals surface area contributed by atoms with E-state index in [0.717, 1.165) is 18.4 Å². The first-order chi connectivity index (χ1) is 16.9. The van der Waals surface area contributed by atoms with Gasteiger partial charge in [-0.1, -0.05) is 23.3 Å². The number of carbonyl (C=O) groups excluding carboxylic acids is 1. The van der Waals surface area contributed by atoms with Crippen molar-refractivity contribution in [3.63, 3.8) is 0 Å². The number of fused-ring (bicyclic) bond motifs is 1. The Hall–Kier alpha value is -3.93. The van der Waals surface area contributed by atoms with Gasteiger partial charge in [-0.15, -0.1) is 0 Å². The third-order valence-corrected chi connectivity index (χ3v) is 5.99. The number of benzene rings is 2. The van der Waals surface area contributed by atoms with Crippen LogP contribution in [0.3, 0.4) is 0 Å². The predicted molar refractivity (Wildman–Crippen MR) is 143 cm³/mol. The van der Waals surface area contributed by atoms with Crippen LogP contribution in [-0.2, 0) is 6.42 Å². The third-order valence-electron chi connectivity index (χ3n) is 5.99. The molecule has 3 rings (SSSR count). The maximum atomic E-state index is 12.7. The van der Waals surface area contributed by atoms with E-state index in [4.69, 9.17) is 4.74 Å². The van der Waals surface area contributed by atoms with Crippen LogP contribution < -0.4 is 4.74 Å². The van der Waals surface area contributed by atoms with Crippen molar-refractivity contribution in [2.75, 3.05) is 0 Å². The summed E-state index contributed by atoms with van der Waals surface area (Å²) in [6.45, 7) is 9.84. The van der Waals surface area contributed by atoms with Crippen LogP contribution in [0.25, 0.3) is 12.2 Å². The fraction of sp³-hybridized carbons (Fsp3) is 0.300. The number of rotatable bonds is 8. The molecule has 1 aliphatic heterocycles. The first-order valence-corrected chi connectivity index (χ1v) is 11.9. The first-order valence-electron chi connectivity index (χ1n) is 11.9. The Morgan fingerprint density at radius 1 is 1.00 bits per heavy atom. The van der Waals surface area contributed by atoms with E-state index in [2.05, 4.69) is 19.9 Å². The van der Waals surface area contributed by atoms with E-state index in [9.17, 15) is 25.2 Å². The number of phenolic OH excluding ortho intramolecular Hbond substituents is 4. The van der Waals surface area contributed by atoms with Crippen molar-refractivity contribution in [1.29, 1.82) is 0 Å². The number of ether oxygens (including phenoxy) is 1. The zero-order chi connectivity index (χ0) is 26.6. The van der Waals surface area contributed by atoms with Crippen LogP contribution in [0, 0.1) is 0 Å². The van der Waals surface area contributed by atoms with Gasteiger partial charge in [0.1, 0.15) is 22.8 Å². The van der Waals surface area contributed by atoms with Crippen LogP contribution in [0.15, 0.2) is 53.6 Å². The maximum Gasteiger partial charge on any atom is 0.185 e. The van der Waals surface area contributed by atoms with Crippen LogP contribution >= 0.6 is 0 Å². The molecule has 2 aromatic carbocycles. The SMILES string of the molecule is CC(C)=CCC/C(C)=C/Cc1c(O)c2c(c(/C=C/C(=O)c3ccc(O)c(O)c3)c1O)OC(C)(C)C=C2. The standard InChI is InChI=1S/C30H34O6/c1-18(2)7-6-8-19(3)9-11-21-27(34)22(29-23(28(21)35)15-16-30(4,5)36-29)12-14-24(31)20-10-13-25(32)26(33)17-20/h7,9-10,12-17,32-35H,6,8,11H2,1-5H3/b14-12+,19-9+. The van der Waals surface area contributed by atoms with Crippen LogP contribution in [0.1, 0.15) is 74.5 Å². The minimum Gasteiger partial charge on any atom is -0.507 e. The van der Waals surface area contributed by atoms with E-state index in [1.54, 1.807) is 6.08 Å². The summed E-state index contributed by atoms with van der Waals surface area (Å²) in [6.07, 6.45) is 12.5. The molecule has 0 amide bonds. The molecule has 36 heavy (non-hydrogen) atoms. The molecular formula is C30H34O6. The molecule has 0 atom stereocenters. The molecule has 0 saturated carbocycles. The Morgan fingerprint density at radius 2 is 1.72 bits per heavy atom. The van der Waals surface area contributed by atoms with Crippen molar-refractivity contribution in [2.45, 2.75) is 59.5 Å². The van der Waals surface area contributed by atoms with E-state index >= 15 is 0 Å². The molecular weight excluding hydrogens is 456 g/mol. The van der Waals surface area contributed by atoms with E-state index in [1.807, 2.05) is 32.9 Å². The number of aromatic hydroxyl groups is 4. The Morgan fingerprint density at radius 3 is 2.39 bits per heavy atom. The van der Waals surface area contributed by atoms with Crippen molar-refractivity contribution >= 4 is 17.9 Å². The molecule has 2 aromatic rings. The van der Waals surface area contributed by atoms with Gasteiger partial charge >= 0.3 is 0 Å². The molecule has 4 N–H and O–H groups in total. The average Bonchev–Trinajstić information content (AvgIpc) is 2.79. The molecule has 6 nitrogen and oxygen atoms in total. The summed E-state index contributed by atoms with van der Waals surface area (Å²) in [5.74, 6) is -1.10. The Kier molecular flexibility index (Phi) is 7.98. The second-order valence-electron chi connectivity index (χ2n) is 9.85. The minimum atomic E-state index is -0.676. The normalized spacial score (nSPS) is 14.4. The number of carbonyl (C=O) groups is 1. The van der Waals surface area contributed by atoms with Gasteiger partial charge in [-0.05, 0) is 96.4 Å². The number of hydrogen-bond donors (Lipinski definition) is 4. The van der Waals surface area contributed by atoms with Gasteiger partial charge in [0.15, 0.2) is 17.3 Å². The van der Waals surface area contributed by atoms with Gasteiger partial charge in [0.2, 0.25) is 0 Å². The summed E-state index contributed by atoms with van der Waals surface area (Å²) in [5, 5.41) is 41.4. The monoisotopic (exact) mass is 490 g/mol. The summed E-state index contributed by atoms with van der Waals surface area (Å²) < 4.78 is 6.08. The summed E-state index contributed by atoms with van der Waals surface area (Å²) in [5.41, 5.74) is 2.95. The molecule has 0 aromatic heterocycles. The lowest BCUT2D eigenvalue weighted by Crippen LogP contribution is -2.28. The minimum absolute atomic E-state index is 0.0606.